The number of epoxide rings is 1. The van der Waals surface area contributed by atoms with E-state index in [1.165, 1.54) is 18.2 Å². The maximum absolute atomic E-state index is 17.6. The number of hydrogen-bond donors (Lipinski definition) is 1. The van der Waals surface area contributed by atoms with Crippen molar-refractivity contribution in [3.05, 3.63) is 23.8 Å². The van der Waals surface area contributed by atoms with Gasteiger partial charge in [-0.15, -0.1) is 0 Å². The highest BCUT2D eigenvalue weighted by Gasteiger charge is 2.82. The van der Waals surface area contributed by atoms with Gasteiger partial charge in [0, 0.05) is 42.9 Å². The predicted octanol–water partition coefficient (Wildman–Crippen LogP) is 3.35. The number of ether oxygens (including phenoxy) is 4. The molecule has 1 amide bonds. The number of likely N-dealkylation sites (N-methyl/N-ethyl adjacent to an activating group) is 1. The first kappa shape index (κ1) is 29.8. The lowest BCUT2D eigenvalue weighted by Crippen LogP contribution is -2.70. The molecule has 3 unspecified atom stereocenters. The molecule has 7 aliphatic rings. The van der Waals surface area contributed by atoms with Crippen molar-refractivity contribution in [2.75, 3.05) is 39.8 Å². The molecule has 0 bridgehead atoms. The molecule has 3 aliphatic heterocycles. The van der Waals surface area contributed by atoms with E-state index in [1.54, 1.807) is 11.8 Å². The van der Waals surface area contributed by atoms with E-state index >= 15 is 8.78 Å². The minimum atomic E-state index is -2.17. The second-order valence-corrected chi connectivity index (χ2v) is 14.3. The van der Waals surface area contributed by atoms with Gasteiger partial charge in [0.15, 0.2) is 17.7 Å². The quantitative estimate of drug-likeness (QED) is 0.476. The standard InChI is InChI=1S/C32H44F2N2O7/c1-5-6-26-42-25-15-19-20-14-22(33)21-13-18(37)7-8-29(21,2)31(20,34)24(38)16-30(19,3)32(25,43-26)27-23(41-27)17-40-28(39)36-11-9-35(4)10-12-36/h7-8,13,19-20,22-27,38H,5-6,9-12,14-17H2,1-4H3/t19-,20-,22-,23?,24-,25+,26?,27?,29-,30-,31-,32-/m0/s1. The third-order valence-electron chi connectivity index (χ3n) is 12.2. The first-order valence-electron chi connectivity index (χ1n) is 15.9. The van der Waals surface area contributed by atoms with Crippen LogP contribution in [0.4, 0.5) is 13.6 Å². The van der Waals surface area contributed by atoms with Gasteiger partial charge in [0.2, 0.25) is 0 Å². The van der Waals surface area contributed by atoms with Crippen molar-refractivity contribution in [1.29, 1.82) is 0 Å². The first-order valence-corrected chi connectivity index (χ1v) is 15.9. The molecule has 0 aromatic heterocycles. The minimum absolute atomic E-state index is 0.0590. The summed E-state index contributed by atoms with van der Waals surface area (Å²) in [7, 11) is 2.02. The van der Waals surface area contributed by atoms with Gasteiger partial charge in [0.05, 0.1) is 12.2 Å². The summed E-state index contributed by atoms with van der Waals surface area (Å²) >= 11 is 0. The maximum Gasteiger partial charge on any atom is 0.409 e. The second kappa shape index (κ2) is 10.0. The van der Waals surface area contributed by atoms with Gasteiger partial charge >= 0.3 is 6.09 Å². The summed E-state index contributed by atoms with van der Waals surface area (Å²) in [5, 5.41) is 11.8. The minimum Gasteiger partial charge on any atom is -0.447 e. The number of aliphatic hydroxyl groups excluding tert-OH is 1. The summed E-state index contributed by atoms with van der Waals surface area (Å²) in [4.78, 5) is 28.8. The number of alkyl halides is 2. The van der Waals surface area contributed by atoms with Crippen LogP contribution in [0.1, 0.15) is 52.9 Å². The highest BCUT2D eigenvalue weighted by atomic mass is 19.1. The van der Waals surface area contributed by atoms with E-state index in [0.717, 1.165) is 19.5 Å². The van der Waals surface area contributed by atoms with Crippen molar-refractivity contribution in [2.24, 2.45) is 22.7 Å². The number of hydrogen-bond acceptors (Lipinski definition) is 8. The fraction of sp³-hybridized carbons (Fsp3) is 0.812. The average molecular weight is 607 g/mol. The zero-order valence-electron chi connectivity index (χ0n) is 25.5. The fourth-order valence-corrected chi connectivity index (χ4v) is 9.82. The second-order valence-electron chi connectivity index (χ2n) is 14.3. The van der Waals surface area contributed by atoms with Gasteiger partial charge < -0.3 is 33.9 Å². The Morgan fingerprint density at radius 2 is 1.91 bits per heavy atom. The number of amides is 1. The van der Waals surface area contributed by atoms with Crippen molar-refractivity contribution in [1.82, 2.24) is 9.80 Å². The van der Waals surface area contributed by atoms with Gasteiger partial charge in [0.1, 0.15) is 30.6 Å². The molecular formula is C32H44F2N2O7. The maximum atomic E-state index is 17.6. The summed E-state index contributed by atoms with van der Waals surface area (Å²) in [6.07, 6.45) is 0.721. The number of rotatable bonds is 5. The van der Waals surface area contributed by atoms with Gasteiger partial charge in [-0.2, -0.15) is 0 Å². The van der Waals surface area contributed by atoms with Crippen molar-refractivity contribution in [3.8, 4) is 0 Å². The zero-order chi connectivity index (χ0) is 30.5. The monoisotopic (exact) mass is 606 g/mol. The molecule has 7 rings (SSSR count). The lowest BCUT2D eigenvalue weighted by atomic mass is 9.44. The van der Waals surface area contributed by atoms with Gasteiger partial charge in [0.25, 0.3) is 0 Å². The van der Waals surface area contributed by atoms with Crippen molar-refractivity contribution in [2.45, 2.75) is 101 Å². The molecule has 3 saturated carbocycles. The van der Waals surface area contributed by atoms with E-state index in [4.69, 9.17) is 18.9 Å². The summed E-state index contributed by atoms with van der Waals surface area (Å²) in [5.74, 6) is -1.56. The third-order valence-corrected chi connectivity index (χ3v) is 12.2. The number of carbonyl (C=O) groups is 2. The van der Waals surface area contributed by atoms with E-state index < -0.39 is 64.9 Å². The van der Waals surface area contributed by atoms with Crippen LogP contribution >= 0.6 is 0 Å². The average Bonchev–Trinajstić information content (AvgIpc) is 3.59. The molecule has 4 aliphatic carbocycles. The van der Waals surface area contributed by atoms with Gasteiger partial charge in [-0.1, -0.05) is 26.3 Å². The Hall–Kier alpha value is -1.92. The Bertz CT molecular complexity index is 1240. The summed E-state index contributed by atoms with van der Waals surface area (Å²) in [6.45, 7) is 8.50. The molecule has 11 heteroatoms. The van der Waals surface area contributed by atoms with E-state index in [2.05, 4.69) is 4.90 Å². The molecule has 9 nitrogen and oxygen atoms in total. The molecule has 43 heavy (non-hydrogen) atoms. The van der Waals surface area contributed by atoms with Crippen LogP contribution in [-0.2, 0) is 23.7 Å². The molecule has 0 aromatic rings. The molecule has 3 heterocycles. The van der Waals surface area contributed by atoms with Crippen LogP contribution in [-0.4, -0.2) is 115 Å². The Labute approximate surface area is 251 Å². The zero-order valence-corrected chi connectivity index (χ0v) is 25.5. The van der Waals surface area contributed by atoms with Crippen LogP contribution in [0, 0.1) is 22.7 Å². The summed E-state index contributed by atoms with van der Waals surface area (Å²) in [5.41, 5.74) is -5.32. The Morgan fingerprint density at radius 3 is 2.63 bits per heavy atom. The third kappa shape index (κ3) is 4.03. The number of allylic oxidation sites excluding steroid dienone is 4. The summed E-state index contributed by atoms with van der Waals surface area (Å²) < 4.78 is 58.7. The van der Waals surface area contributed by atoms with Crippen LogP contribution in [0.2, 0.25) is 0 Å². The topological polar surface area (TPSA) is 101 Å². The van der Waals surface area contributed by atoms with Gasteiger partial charge in [-0.05, 0) is 63.3 Å². The molecule has 0 aromatic carbocycles. The number of fused-ring (bicyclic) bond motifs is 7. The molecule has 0 spiro atoms. The van der Waals surface area contributed by atoms with E-state index in [0.29, 0.717) is 25.9 Å². The number of carbonyl (C=O) groups excluding carboxylic acids is 2. The number of ketones is 1. The van der Waals surface area contributed by atoms with Crippen molar-refractivity contribution in [3.63, 3.8) is 0 Å². The van der Waals surface area contributed by atoms with Crippen LogP contribution in [0.3, 0.4) is 0 Å². The predicted molar refractivity (Wildman–Crippen MR) is 150 cm³/mol. The molecule has 1 N–H and O–H groups in total. The smallest absolute Gasteiger partial charge is 0.409 e. The largest absolute Gasteiger partial charge is 0.447 e. The van der Waals surface area contributed by atoms with Gasteiger partial charge in [-0.25, -0.2) is 13.6 Å². The normalized spacial score (nSPS) is 50.4. The highest BCUT2D eigenvalue weighted by molar-refractivity contribution is 6.01. The Balaban J connectivity index is 1.17. The van der Waals surface area contributed by atoms with Crippen LogP contribution < -0.4 is 0 Å². The lowest BCUT2D eigenvalue weighted by molar-refractivity contribution is -0.240. The molecular weight excluding hydrogens is 562 g/mol. The van der Waals surface area contributed by atoms with Crippen molar-refractivity contribution < 1.29 is 42.4 Å². The lowest BCUT2D eigenvalue weighted by Gasteiger charge is -2.63. The van der Waals surface area contributed by atoms with Crippen LogP contribution in [0.15, 0.2) is 23.8 Å². The van der Waals surface area contributed by atoms with Crippen LogP contribution in [0.5, 0.6) is 0 Å². The summed E-state index contributed by atoms with van der Waals surface area (Å²) in [6, 6.07) is 0. The number of nitrogens with zero attached hydrogens (tertiary/aromatic N) is 2. The molecule has 12 atom stereocenters. The van der Waals surface area contributed by atoms with E-state index in [9.17, 15) is 14.7 Å². The molecule has 0 radical (unpaired) electrons. The first-order chi connectivity index (χ1) is 20.4. The molecule has 3 saturated heterocycles. The fourth-order valence-electron chi connectivity index (χ4n) is 9.82. The van der Waals surface area contributed by atoms with Crippen molar-refractivity contribution >= 4 is 11.9 Å². The van der Waals surface area contributed by atoms with E-state index in [1.807, 2.05) is 20.9 Å². The molecule has 238 valence electrons. The van der Waals surface area contributed by atoms with E-state index in [-0.39, 0.29) is 42.8 Å². The number of aliphatic hydroxyl groups is 1. The SMILES string of the molecule is CCCC1O[C@@H]2C[C@H]3[C@@H]4C[C@H](F)C5=CC(=O)C=C[C@]5(C)[C@@]4(F)[C@@H](O)C[C@]3(C)[C@]2(C2OC2COC(=O)N2CCN(C)CC2)O1. The Morgan fingerprint density at radius 1 is 1.16 bits per heavy atom. The number of halogens is 2. The molecule has 6 fully saturated rings. The van der Waals surface area contributed by atoms with Crippen LogP contribution in [0.25, 0.3) is 0 Å². The van der Waals surface area contributed by atoms with Gasteiger partial charge in [-0.3, -0.25) is 4.79 Å². The Kier molecular flexibility index (Phi) is 6.95. The number of piperazine rings is 1. The highest BCUT2D eigenvalue weighted by Crippen LogP contribution is 2.73.